The minimum Gasteiger partial charge on any atom is -0.323 e. The Labute approximate surface area is 173 Å². The molecule has 1 aromatic rings. The summed E-state index contributed by atoms with van der Waals surface area (Å²) in [5.74, 6) is -0.0252. The molecule has 7 nitrogen and oxygen atoms in total. The highest BCUT2D eigenvalue weighted by molar-refractivity contribution is 7.89. The van der Waals surface area contributed by atoms with E-state index in [-0.39, 0.29) is 11.9 Å². The summed E-state index contributed by atoms with van der Waals surface area (Å²) in [5, 5.41) is 9.76. The van der Waals surface area contributed by atoms with Crippen LogP contribution in [-0.2, 0) is 14.8 Å². The summed E-state index contributed by atoms with van der Waals surface area (Å²) in [5.41, 5.74) is -0.693. The molecule has 1 atom stereocenters. The molecule has 0 radical (unpaired) electrons. The zero-order valence-electron chi connectivity index (χ0n) is 17.3. The van der Waals surface area contributed by atoms with Crippen LogP contribution in [0.5, 0.6) is 0 Å². The Morgan fingerprint density at radius 3 is 2.31 bits per heavy atom. The molecular formula is C21H31N4O3S+. The molecule has 1 heterocycles. The normalized spacial score (nSPS) is 21.8. The molecule has 1 aliphatic heterocycles. The van der Waals surface area contributed by atoms with Crippen LogP contribution in [-0.4, -0.2) is 68.3 Å². The minimum absolute atomic E-state index is 0.0252. The van der Waals surface area contributed by atoms with Crippen molar-refractivity contribution in [3.63, 3.8) is 0 Å². The highest BCUT2D eigenvalue weighted by Crippen LogP contribution is 2.32. The van der Waals surface area contributed by atoms with Crippen LogP contribution < -0.4 is 4.90 Å². The van der Waals surface area contributed by atoms with Gasteiger partial charge in [0.25, 0.3) is 5.91 Å². The molecule has 2 aliphatic rings. The number of quaternary nitrogens is 1. The number of amides is 1. The summed E-state index contributed by atoms with van der Waals surface area (Å²) >= 11 is 0. The van der Waals surface area contributed by atoms with Gasteiger partial charge in [0, 0.05) is 7.05 Å². The molecule has 1 amide bonds. The zero-order valence-corrected chi connectivity index (χ0v) is 18.1. The van der Waals surface area contributed by atoms with Gasteiger partial charge in [0.1, 0.15) is 5.54 Å². The van der Waals surface area contributed by atoms with E-state index >= 15 is 0 Å². The van der Waals surface area contributed by atoms with Crippen LogP contribution in [0.25, 0.3) is 0 Å². The second-order valence-electron chi connectivity index (χ2n) is 8.20. The lowest BCUT2D eigenvalue weighted by Gasteiger charge is -2.41. The van der Waals surface area contributed by atoms with Gasteiger partial charge in [-0.3, -0.25) is 4.79 Å². The first-order valence-corrected chi connectivity index (χ1v) is 11.8. The van der Waals surface area contributed by atoms with Crippen LogP contribution in [0.1, 0.15) is 39.0 Å². The largest absolute Gasteiger partial charge is 0.323 e. The number of benzene rings is 1. The fourth-order valence-corrected chi connectivity index (χ4v) is 5.99. The molecule has 1 saturated heterocycles. The second-order valence-corrected chi connectivity index (χ2v) is 10.1. The first-order chi connectivity index (χ1) is 13.8. The van der Waals surface area contributed by atoms with Gasteiger partial charge in [-0.05, 0) is 31.9 Å². The van der Waals surface area contributed by atoms with Gasteiger partial charge in [-0.15, -0.1) is 0 Å². The molecule has 2 fully saturated rings. The van der Waals surface area contributed by atoms with E-state index in [0.717, 1.165) is 37.0 Å². The van der Waals surface area contributed by atoms with Crippen molar-refractivity contribution in [2.24, 2.45) is 0 Å². The Balaban J connectivity index is 1.63. The molecule has 1 saturated carbocycles. The number of nitrogens with zero attached hydrogens (tertiary/aromatic N) is 3. The first kappa shape index (κ1) is 21.8. The van der Waals surface area contributed by atoms with Crippen LogP contribution in [0.15, 0.2) is 35.2 Å². The molecular weight excluding hydrogens is 388 g/mol. The lowest BCUT2D eigenvalue weighted by Crippen LogP contribution is -3.19. The lowest BCUT2D eigenvalue weighted by atomic mass is 9.81. The van der Waals surface area contributed by atoms with Gasteiger partial charge in [0.05, 0.1) is 37.1 Å². The Morgan fingerprint density at radius 1 is 1.17 bits per heavy atom. The van der Waals surface area contributed by atoms with Gasteiger partial charge in [-0.2, -0.15) is 9.57 Å². The van der Waals surface area contributed by atoms with E-state index in [1.54, 1.807) is 42.3 Å². The number of rotatable bonds is 5. The Bertz CT molecular complexity index is 852. The van der Waals surface area contributed by atoms with Crippen molar-refractivity contribution in [1.29, 1.82) is 5.26 Å². The molecule has 0 unspecified atom stereocenters. The van der Waals surface area contributed by atoms with Gasteiger partial charge < -0.3 is 9.80 Å². The predicted molar refractivity (Wildman–Crippen MR) is 110 cm³/mol. The monoisotopic (exact) mass is 419 g/mol. The molecule has 0 spiro atoms. The Kier molecular flexibility index (Phi) is 6.62. The van der Waals surface area contributed by atoms with Gasteiger partial charge >= 0.3 is 0 Å². The molecule has 158 valence electrons. The average molecular weight is 420 g/mol. The van der Waals surface area contributed by atoms with Gasteiger partial charge in [0.2, 0.25) is 10.0 Å². The predicted octanol–water partition coefficient (Wildman–Crippen LogP) is 0.649. The van der Waals surface area contributed by atoms with Crippen LogP contribution in [0.2, 0.25) is 0 Å². The minimum atomic E-state index is -3.50. The highest BCUT2D eigenvalue weighted by atomic mass is 32.2. The van der Waals surface area contributed by atoms with Gasteiger partial charge in [-0.25, -0.2) is 8.42 Å². The van der Waals surface area contributed by atoms with Crippen LogP contribution in [0.3, 0.4) is 0 Å². The van der Waals surface area contributed by atoms with Crippen LogP contribution >= 0.6 is 0 Å². The van der Waals surface area contributed by atoms with Gasteiger partial charge in [0.15, 0.2) is 6.04 Å². The third-order valence-corrected chi connectivity index (χ3v) is 8.50. The summed E-state index contributed by atoms with van der Waals surface area (Å²) in [7, 11) is -1.74. The number of piperazine rings is 1. The number of nitrogens with one attached hydrogen (secondary N) is 1. The van der Waals surface area contributed by atoms with Crippen molar-refractivity contribution in [3.8, 4) is 6.07 Å². The number of likely N-dealkylation sites (N-methyl/N-ethyl adjacent to an activating group) is 1. The Morgan fingerprint density at radius 2 is 1.76 bits per heavy atom. The summed E-state index contributed by atoms with van der Waals surface area (Å²) in [4.78, 5) is 16.2. The maximum atomic E-state index is 13.1. The topological polar surface area (TPSA) is 85.9 Å². The fraction of sp³-hybridized carbons (Fsp3) is 0.619. The molecule has 1 N–H and O–H groups in total. The average Bonchev–Trinajstić information content (AvgIpc) is 2.78. The Hall–Kier alpha value is -1.95. The molecule has 8 heteroatoms. The molecule has 3 rings (SSSR count). The summed E-state index contributed by atoms with van der Waals surface area (Å²) in [6.45, 7) is 3.82. The second kappa shape index (κ2) is 8.82. The van der Waals surface area contributed by atoms with E-state index in [9.17, 15) is 18.5 Å². The third kappa shape index (κ3) is 4.32. The van der Waals surface area contributed by atoms with E-state index in [2.05, 4.69) is 6.07 Å². The van der Waals surface area contributed by atoms with Crippen molar-refractivity contribution < 1.29 is 18.1 Å². The summed E-state index contributed by atoms with van der Waals surface area (Å²) in [6.07, 6.45) is 4.53. The number of hydrogen-bond acceptors (Lipinski definition) is 4. The molecule has 0 aromatic heterocycles. The quantitative estimate of drug-likeness (QED) is 0.759. The maximum absolute atomic E-state index is 13.1. The van der Waals surface area contributed by atoms with Gasteiger partial charge in [-0.1, -0.05) is 37.5 Å². The SMILES string of the molecule is C[C@@H](C(=O)N(C)C1(C#N)CCCCC1)[NH+]1CCN(S(=O)(=O)c2ccccc2)CC1. The first-order valence-electron chi connectivity index (χ1n) is 10.4. The number of carbonyl (C=O) groups excluding carboxylic acids is 1. The molecule has 29 heavy (non-hydrogen) atoms. The van der Waals surface area contributed by atoms with E-state index in [0.29, 0.717) is 31.1 Å². The molecule has 1 aliphatic carbocycles. The lowest BCUT2D eigenvalue weighted by molar-refractivity contribution is -0.918. The summed E-state index contributed by atoms with van der Waals surface area (Å²) in [6, 6.07) is 10.6. The highest BCUT2D eigenvalue weighted by Gasteiger charge is 2.43. The van der Waals surface area contributed by atoms with Crippen LogP contribution in [0, 0.1) is 11.3 Å². The van der Waals surface area contributed by atoms with E-state index in [1.807, 2.05) is 6.92 Å². The number of nitriles is 1. The zero-order chi connectivity index (χ0) is 21.1. The van der Waals surface area contributed by atoms with E-state index in [1.165, 1.54) is 4.31 Å². The van der Waals surface area contributed by atoms with Crippen molar-refractivity contribution >= 4 is 15.9 Å². The number of carbonyl (C=O) groups is 1. The smallest absolute Gasteiger partial charge is 0.281 e. The third-order valence-electron chi connectivity index (χ3n) is 6.59. The number of hydrogen-bond donors (Lipinski definition) is 1. The maximum Gasteiger partial charge on any atom is 0.281 e. The fourth-order valence-electron chi connectivity index (χ4n) is 4.52. The van der Waals surface area contributed by atoms with E-state index < -0.39 is 15.6 Å². The van der Waals surface area contributed by atoms with E-state index in [4.69, 9.17) is 0 Å². The van der Waals surface area contributed by atoms with Crippen molar-refractivity contribution in [3.05, 3.63) is 30.3 Å². The molecule has 0 bridgehead atoms. The standard InChI is InChI=1S/C21H30N4O3S/c1-18(20(26)23(2)21(17-22)11-7-4-8-12-21)24-13-15-25(16-14-24)29(27,28)19-9-5-3-6-10-19/h3,5-6,9-10,18H,4,7-8,11-16H2,1-2H3/p+1/t18-/m0/s1. The van der Waals surface area contributed by atoms with Crippen molar-refractivity contribution in [1.82, 2.24) is 9.21 Å². The number of sulfonamides is 1. The van der Waals surface area contributed by atoms with Crippen molar-refractivity contribution in [2.45, 2.75) is 55.5 Å². The van der Waals surface area contributed by atoms with Crippen molar-refractivity contribution in [2.75, 3.05) is 33.2 Å². The molecule has 1 aromatic carbocycles. The summed E-state index contributed by atoms with van der Waals surface area (Å²) < 4.78 is 27.1. The van der Waals surface area contributed by atoms with Crippen LogP contribution in [0.4, 0.5) is 0 Å².